The molecular formula is C10H21NO. The largest absolute Gasteiger partial charge is 0.370 e. The molecule has 0 rings (SSSR count). The summed E-state index contributed by atoms with van der Waals surface area (Å²) in [6.45, 7) is 10.7. The molecule has 2 N–H and O–H groups in total. The van der Waals surface area contributed by atoms with Crippen LogP contribution in [-0.4, -0.2) is 5.91 Å². The Labute approximate surface area is 75.5 Å². The van der Waals surface area contributed by atoms with Crippen LogP contribution in [0.25, 0.3) is 0 Å². The highest BCUT2D eigenvalue weighted by atomic mass is 16.1. The van der Waals surface area contributed by atoms with Gasteiger partial charge in [0, 0.05) is 6.42 Å². The third-order valence-electron chi connectivity index (χ3n) is 1.66. The number of carbonyl (C=O) groups excluding carboxylic acids is 1. The molecule has 0 aliphatic carbocycles. The van der Waals surface area contributed by atoms with E-state index in [4.69, 9.17) is 5.73 Å². The zero-order valence-electron chi connectivity index (χ0n) is 8.90. The molecule has 2 nitrogen and oxygen atoms in total. The van der Waals surface area contributed by atoms with Crippen LogP contribution < -0.4 is 5.73 Å². The van der Waals surface area contributed by atoms with Crippen molar-refractivity contribution in [1.82, 2.24) is 0 Å². The van der Waals surface area contributed by atoms with E-state index in [1.165, 1.54) is 0 Å². The molecular weight excluding hydrogens is 150 g/mol. The third-order valence-corrected chi connectivity index (χ3v) is 1.66. The summed E-state index contributed by atoms with van der Waals surface area (Å²) >= 11 is 0. The van der Waals surface area contributed by atoms with Gasteiger partial charge in [-0.15, -0.1) is 0 Å². The zero-order chi connectivity index (χ0) is 9.99. The molecule has 2 heteroatoms. The van der Waals surface area contributed by atoms with Crippen molar-refractivity contribution >= 4 is 5.91 Å². The predicted molar refractivity (Wildman–Crippen MR) is 51.7 cm³/mol. The van der Waals surface area contributed by atoms with Crippen LogP contribution in [0.15, 0.2) is 0 Å². The number of amides is 1. The standard InChI is InChI=1S/C10H21NO/c1-9(2,3)7-10(4,5)6-8(11)12/h6-7H2,1-5H3,(H2,11,12). The molecule has 0 bridgehead atoms. The lowest BCUT2D eigenvalue weighted by molar-refractivity contribution is -0.120. The molecule has 0 saturated carbocycles. The van der Waals surface area contributed by atoms with Crippen molar-refractivity contribution in [1.29, 1.82) is 0 Å². The van der Waals surface area contributed by atoms with E-state index in [1.54, 1.807) is 0 Å². The van der Waals surface area contributed by atoms with Gasteiger partial charge >= 0.3 is 0 Å². The van der Waals surface area contributed by atoms with E-state index in [9.17, 15) is 4.79 Å². The van der Waals surface area contributed by atoms with Crippen molar-refractivity contribution in [3.8, 4) is 0 Å². The molecule has 0 atom stereocenters. The van der Waals surface area contributed by atoms with E-state index < -0.39 is 0 Å². The van der Waals surface area contributed by atoms with E-state index in [0.717, 1.165) is 6.42 Å². The highest BCUT2D eigenvalue weighted by Gasteiger charge is 2.26. The molecule has 0 spiro atoms. The van der Waals surface area contributed by atoms with Crippen molar-refractivity contribution in [2.24, 2.45) is 16.6 Å². The Bertz CT molecular complexity index is 165. The third kappa shape index (κ3) is 6.20. The van der Waals surface area contributed by atoms with Crippen LogP contribution in [0.1, 0.15) is 47.5 Å². The normalized spacial score (nSPS) is 13.1. The maximum atomic E-state index is 10.7. The van der Waals surface area contributed by atoms with Gasteiger partial charge in [0.15, 0.2) is 0 Å². The number of hydrogen-bond acceptors (Lipinski definition) is 1. The minimum Gasteiger partial charge on any atom is -0.370 e. The highest BCUT2D eigenvalue weighted by Crippen LogP contribution is 2.35. The number of nitrogens with two attached hydrogens (primary N) is 1. The van der Waals surface area contributed by atoms with Crippen LogP contribution in [0.5, 0.6) is 0 Å². The van der Waals surface area contributed by atoms with E-state index in [1.807, 2.05) is 0 Å². The van der Waals surface area contributed by atoms with Gasteiger partial charge in [-0.05, 0) is 17.3 Å². The van der Waals surface area contributed by atoms with Gasteiger partial charge in [-0.1, -0.05) is 34.6 Å². The van der Waals surface area contributed by atoms with Crippen molar-refractivity contribution in [2.75, 3.05) is 0 Å². The first-order valence-corrected chi connectivity index (χ1v) is 4.41. The highest BCUT2D eigenvalue weighted by molar-refractivity contribution is 5.74. The van der Waals surface area contributed by atoms with Crippen LogP contribution in [-0.2, 0) is 4.79 Å². The van der Waals surface area contributed by atoms with E-state index >= 15 is 0 Å². The fourth-order valence-corrected chi connectivity index (χ4v) is 1.97. The lowest BCUT2D eigenvalue weighted by Crippen LogP contribution is -2.26. The first kappa shape index (κ1) is 11.5. The van der Waals surface area contributed by atoms with Gasteiger partial charge in [0.2, 0.25) is 5.91 Å². The topological polar surface area (TPSA) is 43.1 Å². The van der Waals surface area contributed by atoms with Gasteiger partial charge in [0.25, 0.3) is 0 Å². The summed E-state index contributed by atoms with van der Waals surface area (Å²) in [6.07, 6.45) is 1.49. The molecule has 0 heterocycles. The second kappa shape index (κ2) is 3.46. The Morgan fingerprint density at radius 2 is 1.58 bits per heavy atom. The smallest absolute Gasteiger partial charge is 0.217 e. The molecule has 0 aromatic carbocycles. The molecule has 0 aromatic rings. The van der Waals surface area contributed by atoms with Crippen LogP contribution in [0.2, 0.25) is 0 Å². The summed E-state index contributed by atoms with van der Waals surface area (Å²) in [5.74, 6) is -0.204. The lowest BCUT2D eigenvalue weighted by atomic mass is 9.74. The quantitative estimate of drug-likeness (QED) is 0.695. The van der Waals surface area contributed by atoms with Crippen LogP contribution in [0, 0.1) is 10.8 Å². The van der Waals surface area contributed by atoms with Crippen LogP contribution in [0.4, 0.5) is 0 Å². The molecule has 0 fully saturated rings. The first-order chi connectivity index (χ1) is 5.12. The number of carbonyl (C=O) groups is 1. The van der Waals surface area contributed by atoms with Crippen molar-refractivity contribution in [2.45, 2.75) is 47.5 Å². The fraction of sp³-hybridized carbons (Fsp3) is 0.900. The summed E-state index contributed by atoms with van der Waals surface area (Å²) in [7, 11) is 0. The monoisotopic (exact) mass is 171 g/mol. The summed E-state index contributed by atoms with van der Waals surface area (Å²) in [5, 5.41) is 0. The summed E-state index contributed by atoms with van der Waals surface area (Å²) in [4.78, 5) is 10.7. The lowest BCUT2D eigenvalue weighted by Gasteiger charge is -2.31. The number of primary amides is 1. The Morgan fingerprint density at radius 3 is 1.83 bits per heavy atom. The summed E-state index contributed by atoms with van der Waals surface area (Å²) in [5.41, 5.74) is 5.45. The van der Waals surface area contributed by atoms with E-state index in [0.29, 0.717) is 6.42 Å². The second-order valence-corrected chi connectivity index (χ2v) is 5.54. The Hall–Kier alpha value is -0.530. The maximum Gasteiger partial charge on any atom is 0.217 e. The van der Waals surface area contributed by atoms with Crippen molar-refractivity contribution in [3.63, 3.8) is 0 Å². The molecule has 12 heavy (non-hydrogen) atoms. The van der Waals surface area contributed by atoms with Gasteiger partial charge in [-0.3, -0.25) is 4.79 Å². The number of rotatable bonds is 3. The molecule has 0 aromatic heterocycles. The SMILES string of the molecule is CC(C)(C)CC(C)(C)CC(N)=O. The Kier molecular flexibility index (Phi) is 3.31. The molecule has 0 aliphatic heterocycles. The molecule has 0 aliphatic rings. The summed E-state index contributed by atoms with van der Waals surface area (Å²) in [6, 6.07) is 0. The van der Waals surface area contributed by atoms with Gasteiger partial charge < -0.3 is 5.73 Å². The minimum absolute atomic E-state index is 0.0318. The molecule has 0 saturated heterocycles. The average Bonchev–Trinajstić information content (AvgIpc) is 1.48. The van der Waals surface area contributed by atoms with Gasteiger partial charge in [-0.2, -0.15) is 0 Å². The average molecular weight is 171 g/mol. The number of hydrogen-bond donors (Lipinski definition) is 1. The van der Waals surface area contributed by atoms with Gasteiger partial charge in [0.1, 0.15) is 0 Å². The molecule has 1 amide bonds. The fourth-order valence-electron chi connectivity index (χ4n) is 1.97. The molecule has 0 unspecified atom stereocenters. The predicted octanol–water partition coefficient (Wildman–Crippen LogP) is 2.32. The second-order valence-electron chi connectivity index (χ2n) is 5.54. The zero-order valence-corrected chi connectivity index (χ0v) is 8.90. The van der Waals surface area contributed by atoms with Gasteiger partial charge in [-0.25, -0.2) is 0 Å². The van der Waals surface area contributed by atoms with Crippen molar-refractivity contribution in [3.05, 3.63) is 0 Å². The maximum absolute atomic E-state index is 10.7. The first-order valence-electron chi connectivity index (χ1n) is 4.41. The Balaban J connectivity index is 4.13. The van der Waals surface area contributed by atoms with Crippen LogP contribution in [0.3, 0.4) is 0 Å². The summed E-state index contributed by atoms with van der Waals surface area (Å²) < 4.78 is 0. The van der Waals surface area contributed by atoms with E-state index in [2.05, 4.69) is 34.6 Å². The van der Waals surface area contributed by atoms with Crippen LogP contribution >= 0.6 is 0 Å². The van der Waals surface area contributed by atoms with Crippen molar-refractivity contribution < 1.29 is 4.79 Å². The molecule has 0 radical (unpaired) electrons. The van der Waals surface area contributed by atoms with E-state index in [-0.39, 0.29) is 16.7 Å². The van der Waals surface area contributed by atoms with Gasteiger partial charge in [0.05, 0.1) is 0 Å². The Morgan fingerprint density at radius 1 is 1.17 bits per heavy atom. The minimum atomic E-state index is -0.204. The molecule has 72 valence electrons.